The molecule has 0 atom stereocenters. The molecular weight excluding hydrogens is 446 g/mol. The van der Waals surface area contributed by atoms with Crippen LogP contribution in [0.3, 0.4) is 0 Å². The van der Waals surface area contributed by atoms with Gasteiger partial charge in [-0.3, -0.25) is 4.79 Å². The average Bonchev–Trinajstić information content (AvgIpc) is 3.37. The van der Waals surface area contributed by atoms with E-state index in [4.69, 9.17) is 25.8 Å². The number of ether oxygens (including phenoxy) is 3. The first kappa shape index (κ1) is 22.3. The van der Waals surface area contributed by atoms with E-state index in [9.17, 15) is 14.4 Å². The highest BCUT2D eigenvalue weighted by molar-refractivity contribution is 7.18. The first-order valence-electron chi connectivity index (χ1n) is 8.87. The number of methoxy groups -OCH3 is 2. The third-order valence-corrected chi connectivity index (χ3v) is 5.70. The van der Waals surface area contributed by atoms with Crippen molar-refractivity contribution in [1.82, 2.24) is 9.78 Å². The highest BCUT2D eigenvalue weighted by Gasteiger charge is 2.27. The van der Waals surface area contributed by atoms with Crippen molar-refractivity contribution >= 4 is 45.8 Å². The molecule has 11 heteroatoms. The second kappa shape index (κ2) is 9.63. The molecule has 2 aromatic heterocycles. The zero-order valence-electron chi connectivity index (χ0n) is 16.8. The average molecular weight is 464 g/mol. The molecule has 0 bridgehead atoms. The Morgan fingerprint density at radius 1 is 1.13 bits per heavy atom. The van der Waals surface area contributed by atoms with Gasteiger partial charge in [0.2, 0.25) is 0 Å². The number of aromatic nitrogens is 2. The molecule has 31 heavy (non-hydrogen) atoms. The quantitative estimate of drug-likeness (QED) is 0.531. The van der Waals surface area contributed by atoms with Crippen molar-refractivity contribution < 1.29 is 28.6 Å². The summed E-state index contributed by atoms with van der Waals surface area (Å²) in [7, 11) is 2.44. The van der Waals surface area contributed by atoms with E-state index < -0.39 is 17.8 Å². The van der Waals surface area contributed by atoms with Gasteiger partial charge in [-0.25, -0.2) is 14.3 Å². The molecule has 9 nitrogen and oxygen atoms in total. The number of hydrogen-bond donors (Lipinski definition) is 1. The van der Waals surface area contributed by atoms with E-state index >= 15 is 0 Å². The lowest BCUT2D eigenvalue weighted by Crippen LogP contribution is -2.16. The van der Waals surface area contributed by atoms with Crippen LogP contribution in [-0.2, 0) is 16.2 Å². The van der Waals surface area contributed by atoms with Gasteiger partial charge in [-0.2, -0.15) is 5.10 Å². The standard InChI is InChI=1S/C20H18ClN3O6S/c1-11-15(19(26)28-2)18(31-16(11)20(27)29-3)22-17(25)13-8-9-24(23-13)10-30-14-7-5-4-6-12(14)21/h4-9H,10H2,1-3H3,(H,22,25). The van der Waals surface area contributed by atoms with Crippen LogP contribution in [0.4, 0.5) is 5.00 Å². The van der Waals surface area contributed by atoms with E-state index in [1.807, 2.05) is 0 Å². The molecule has 1 aromatic carbocycles. The number of carbonyl (C=O) groups excluding carboxylic acids is 3. The molecule has 0 aliphatic carbocycles. The fourth-order valence-electron chi connectivity index (χ4n) is 2.66. The van der Waals surface area contributed by atoms with Gasteiger partial charge in [0.1, 0.15) is 15.6 Å². The maximum Gasteiger partial charge on any atom is 0.348 e. The van der Waals surface area contributed by atoms with Gasteiger partial charge in [0, 0.05) is 6.20 Å². The summed E-state index contributed by atoms with van der Waals surface area (Å²) in [5.41, 5.74) is 0.532. The molecule has 0 aliphatic rings. The van der Waals surface area contributed by atoms with Crippen LogP contribution in [0, 0.1) is 6.92 Å². The molecular formula is C20H18ClN3O6S. The summed E-state index contributed by atoms with van der Waals surface area (Å²) in [5, 5.41) is 7.39. The molecule has 0 saturated heterocycles. The van der Waals surface area contributed by atoms with Crippen molar-refractivity contribution in [1.29, 1.82) is 0 Å². The fraction of sp³-hybridized carbons (Fsp3) is 0.200. The summed E-state index contributed by atoms with van der Waals surface area (Å²) in [6, 6.07) is 8.47. The van der Waals surface area contributed by atoms with Crippen LogP contribution in [0.1, 0.15) is 36.1 Å². The number of esters is 2. The third kappa shape index (κ3) is 4.86. The Hall–Kier alpha value is -3.37. The van der Waals surface area contributed by atoms with Gasteiger partial charge in [-0.1, -0.05) is 23.7 Å². The summed E-state index contributed by atoms with van der Waals surface area (Å²) in [4.78, 5) is 37.0. The molecule has 0 aliphatic heterocycles. The number of anilines is 1. The van der Waals surface area contributed by atoms with Gasteiger partial charge >= 0.3 is 11.9 Å². The van der Waals surface area contributed by atoms with Crippen LogP contribution < -0.4 is 10.1 Å². The molecule has 0 fully saturated rings. The number of benzene rings is 1. The second-order valence-corrected chi connectivity index (χ2v) is 7.57. The highest BCUT2D eigenvalue weighted by atomic mass is 35.5. The van der Waals surface area contributed by atoms with Crippen LogP contribution in [0.5, 0.6) is 5.75 Å². The fourth-order valence-corrected chi connectivity index (χ4v) is 3.95. The monoisotopic (exact) mass is 463 g/mol. The minimum Gasteiger partial charge on any atom is -0.470 e. The second-order valence-electron chi connectivity index (χ2n) is 6.14. The van der Waals surface area contributed by atoms with E-state index in [0.717, 1.165) is 11.3 Å². The van der Waals surface area contributed by atoms with Gasteiger partial charge in [0.25, 0.3) is 5.91 Å². The number of hydrogen-bond acceptors (Lipinski definition) is 8. The largest absolute Gasteiger partial charge is 0.470 e. The number of halogens is 1. The summed E-state index contributed by atoms with van der Waals surface area (Å²) in [6.45, 7) is 1.61. The van der Waals surface area contributed by atoms with Gasteiger partial charge in [-0.15, -0.1) is 11.3 Å². The first-order valence-corrected chi connectivity index (χ1v) is 10.1. The predicted octanol–water partition coefficient (Wildman–Crippen LogP) is 3.77. The number of amides is 1. The third-order valence-electron chi connectivity index (χ3n) is 4.20. The lowest BCUT2D eigenvalue weighted by molar-refractivity contribution is 0.0601. The van der Waals surface area contributed by atoms with E-state index in [1.54, 1.807) is 37.4 Å². The number of carbonyl (C=O) groups is 3. The van der Waals surface area contributed by atoms with E-state index in [2.05, 4.69) is 10.4 Å². The maximum atomic E-state index is 12.7. The molecule has 0 radical (unpaired) electrons. The minimum atomic E-state index is -0.683. The lowest BCUT2D eigenvalue weighted by Gasteiger charge is -2.07. The number of nitrogens with one attached hydrogen (secondary N) is 1. The number of nitrogens with zero attached hydrogens (tertiary/aromatic N) is 2. The van der Waals surface area contributed by atoms with Crippen LogP contribution in [-0.4, -0.2) is 41.8 Å². The molecule has 0 spiro atoms. The Labute approximate surface area is 186 Å². The number of thiophene rings is 1. The molecule has 1 N–H and O–H groups in total. The highest BCUT2D eigenvalue weighted by Crippen LogP contribution is 2.34. The Kier molecular flexibility index (Phi) is 6.93. The Balaban J connectivity index is 1.77. The number of rotatable bonds is 7. The van der Waals surface area contributed by atoms with Crippen molar-refractivity contribution in [3.63, 3.8) is 0 Å². The lowest BCUT2D eigenvalue weighted by atomic mass is 10.1. The number of para-hydroxylation sites is 1. The molecule has 162 valence electrons. The molecule has 1 amide bonds. The minimum absolute atomic E-state index is 0.0367. The topological polar surface area (TPSA) is 109 Å². The summed E-state index contributed by atoms with van der Waals surface area (Å²) in [5.74, 6) is -1.39. The van der Waals surface area contributed by atoms with E-state index in [-0.39, 0.29) is 27.9 Å². The van der Waals surface area contributed by atoms with Gasteiger partial charge in [-0.05, 0) is 30.7 Å². The zero-order chi connectivity index (χ0) is 22.5. The zero-order valence-corrected chi connectivity index (χ0v) is 18.4. The molecule has 0 saturated carbocycles. The van der Waals surface area contributed by atoms with Crippen LogP contribution in [0.2, 0.25) is 5.02 Å². The van der Waals surface area contributed by atoms with Gasteiger partial charge in [0.15, 0.2) is 12.4 Å². The predicted molar refractivity (Wildman–Crippen MR) is 114 cm³/mol. The van der Waals surface area contributed by atoms with Gasteiger partial charge < -0.3 is 19.5 Å². The molecule has 3 rings (SSSR count). The van der Waals surface area contributed by atoms with Crippen molar-refractivity contribution in [3.8, 4) is 5.75 Å². The Bertz CT molecular complexity index is 1140. The van der Waals surface area contributed by atoms with Crippen molar-refractivity contribution in [2.45, 2.75) is 13.7 Å². The van der Waals surface area contributed by atoms with Crippen LogP contribution >= 0.6 is 22.9 Å². The first-order chi connectivity index (χ1) is 14.8. The van der Waals surface area contributed by atoms with Crippen LogP contribution in [0.15, 0.2) is 36.5 Å². The van der Waals surface area contributed by atoms with Crippen LogP contribution in [0.25, 0.3) is 0 Å². The smallest absolute Gasteiger partial charge is 0.348 e. The SMILES string of the molecule is COC(=O)c1sc(NC(=O)c2ccn(COc3ccccc3Cl)n2)c(C(=O)OC)c1C. The van der Waals surface area contributed by atoms with Crippen molar-refractivity contribution in [3.05, 3.63) is 63.2 Å². The summed E-state index contributed by atoms with van der Waals surface area (Å²) < 4.78 is 16.5. The van der Waals surface area contributed by atoms with Gasteiger partial charge in [0.05, 0.1) is 24.8 Å². The molecule has 0 unspecified atom stereocenters. The Morgan fingerprint density at radius 3 is 2.52 bits per heavy atom. The van der Waals surface area contributed by atoms with Crippen molar-refractivity contribution in [2.75, 3.05) is 19.5 Å². The van der Waals surface area contributed by atoms with Crippen molar-refractivity contribution in [2.24, 2.45) is 0 Å². The summed E-state index contributed by atoms with van der Waals surface area (Å²) >= 11 is 6.97. The summed E-state index contributed by atoms with van der Waals surface area (Å²) in [6.07, 6.45) is 1.56. The van der Waals surface area contributed by atoms with E-state index in [0.29, 0.717) is 16.3 Å². The van der Waals surface area contributed by atoms with E-state index in [1.165, 1.54) is 25.0 Å². The maximum absolute atomic E-state index is 12.7. The molecule has 3 aromatic rings. The molecule has 2 heterocycles. The Morgan fingerprint density at radius 2 is 1.84 bits per heavy atom. The normalized spacial score (nSPS) is 10.5.